The van der Waals surface area contributed by atoms with Crippen molar-refractivity contribution in [1.82, 2.24) is 14.5 Å². The molecule has 8 nitrogen and oxygen atoms in total. The summed E-state index contributed by atoms with van der Waals surface area (Å²) in [6, 6.07) is 15.6. The van der Waals surface area contributed by atoms with E-state index in [0.29, 0.717) is 38.2 Å². The maximum Gasteiger partial charge on any atom is 0.410 e. The number of likely N-dealkylation sites (tertiary alicyclic amines) is 1. The van der Waals surface area contributed by atoms with E-state index in [4.69, 9.17) is 4.74 Å². The smallest absolute Gasteiger partial charge is 0.410 e. The van der Waals surface area contributed by atoms with Crippen LogP contribution in [-0.4, -0.2) is 62.5 Å². The molecule has 0 radical (unpaired) electrons. The van der Waals surface area contributed by atoms with E-state index in [1.54, 1.807) is 52.3 Å². The Hall–Kier alpha value is -2.91. The number of nitrogens with one attached hydrogen (secondary N) is 1. The van der Waals surface area contributed by atoms with Gasteiger partial charge in [-0.25, -0.2) is 13.2 Å². The number of amides is 2. The lowest BCUT2D eigenvalue weighted by molar-refractivity contribution is -0.132. The minimum Gasteiger partial charge on any atom is -0.448 e. The molecule has 0 bridgehead atoms. The van der Waals surface area contributed by atoms with E-state index < -0.39 is 16.1 Å². The van der Waals surface area contributed by atoms with Crippen molar-refractivity contribution in [3.05, 3.63) is 66.2 Å². The van der Waals surface area contributed by atoms with Crippen LogP contribution in [0.4, 0.5) is 4.79 Å². The Morgan fingerprint density at radius 3 is 2.33 bits per heavy atom. The van der Waals surface area contributed by atoms with E-state index in [2.05, 4.69) is 4.72 Å². The highest BCUT2D eigenvalue weighted by Gasteiger charge is 2.39. The fourth-order valence-electron chi connectivity index (χ4n) is 3.85. The predicted molar refractivity (Wildman–Crippen MR) is 109 cm³/mol. The van der Waals surface area contributed by atoms with E-state index in [1.807, 2.05) is 6.07 Å². The summed E-state index contributed by atoms with van der Waals surface area (Å²) in [5.41, 5.74) is 0.561. The summed E-state index contributed by atoms with van der Waals surface area (Å²) < 4.78 is 33.4. The molecule has 0 aromatic heterocycles. The van der Waals surface area contributed by atoms with Crippen molar-refractivity contribution in [2.45, 2.75) is 23.4 Å². The lowest BCUT2D eigenvalue weighted by Gasteiger charge is -2.26. The molecule has 0 spiro atoms. The van der Waals surface area contributed by atoms with Gasteiger partial charge in [0.15, 0.2) is 0 Å². The fraction of sp³-hybridized carbons (Fsp3) is 0.333. The van der Waals surface area contributed by atoms with Gasteiger partial charge in [0.2, 0.25) is 15.9 Å². The highest BCUT2D eigenvalue weighted by Crippen LogP contribution is 2.25. The monoisotopic (exact) mass is 429 g/mol. The molecule has 1 N–H and O–H groups in total. The molecule has 30 heavy (non-hydrogen) atoms. The Labute approximate surface area is 175 Å². The second kappa shape index (κ2) is 8.45. The summed E-state index contributed by atoms with van der Waals surface area (Å²) in [5.74, 6) is -0.337. The molecule has 2 aromatic carbocycles. The molecule has 2 aliphatic heterocycles. The quantitative estimate of drug-likeness (QED) is 0.755. The largest absolute Gasteiger partial charge is 0.448 e. The van der Waals surface area contributed by atoms with Crippen LogP contribution in [0.15, 0.2) is 65.6 Å². The third kappa shape index (κ3) is 4.17. The first-order valence-electron chi connectivity index (χ1n) is 9.80. The molecule has 0 saturated carbocycles. The van der Waals surface area contributed by atoms with Gasteiger partial charge in [-0.2, -0.15) is 4.72 Å². The van der Waals surface area contributed by atoms with Gasteiger partial charge in [-0.05, 0) is 24.1 Å². The topological polar surface area (TPSA) is 96.0 Å². The molecular formula is C21H23N3O5S. The highest BCUT2D eigenvalue weighted by atomic mass is 32.2. The van der Waals surface area contributed by atoms with Crippen LogP contribution in [0.3, 0.4) is 0 Å². The first-order chi connectivity index (χ1) is 14.5. The van der Waals surface area contributed by atoms with Gasteiger partial charge < -0.3 is 9.64 Å². The van der Waals surface area contributed by atoms with Crippen LogP contribution in [0.2, 0.25) is 0 Å². The van der Waals surface area contributed by atoms with Crippen LogP contribution in [-0.2, 0) is 19.6 Å². The lowest BCUT2D eigenvalue weighted by atomic mass is 10.1. The van der Waals surface area contributed by atoms with Gasteiger partial charge in [0, 0.05) is 13.1 Å². The summed E-state index contributed by atoms with van der Waals surface area (Å²) in [4.78, 5) is 28.6. The first kappa shape index (κ1) is 20.4. The van der Waals surface area contributed by atoms with E-state index in [1.165, 1.54) is 12.1 Å². The number of rotatable bonds is 6. The van der Waals surface area contributed by atoms with Crippen LogP contribution in [0.5, 0.6) is 0 Å². The summed E-state index contributed by atoms with van der Waals surface area (Å²) in [7, 11) is -3.90. The number of hydrogen-bond donors (Lipinski definition) is 1. The van der Waals surface area contributed by atoms with Gasteiger partial charge in [0.25, 0.3) is 0 Å². The van der Waals surface area contributed by atoms with Crippen molar-refractivity contribution in [3.8, 4) is 0 Å². The third-order valence-electron chi connectivity index (χ3n) is 5.41. The summed E-state index contributed by atoms with van der Waals surface area (Å²) in [5, 5.41) is 0. The van der Waals surface area contributed by atoms with Gasteiger partial charge in [0.05, 0.1) is 17.5 Å². The van der Waals surface area contributed by atoms with E-state index in [0.717, 1.165) is 0 Å². The van der Waals surface area contributed by atoms with Gasteiger partial charge in [0.1, 0.15) is 12.6 Å². The molecule has 9 heteroatoms. The molecule has 2 aromatic rings. The zero-order valence-electron chi connectivity index (χ0n) is 16.3. The molecule has 2 fully saturated rings. The summed E-state index contributed by atoms with van der Waals surface area (Å²) in [6.45, 7) is 1.66. The van der Waals surface area contributed by atoms with Gasteiger partial charge in [-0.1, -0.05) is 48.5 Å². The van der Waals surface area contributed by atoms with Crippen LogP contribution in [0, 0.1) is 0 Å². The standard InChI is InChI=1S/C21H23N3O5S/c25-20(23-12-11-17(15-23)24-13-14-29-21(24)26)19(16-7-3-1-4-8-16)22-30(27,28)18-9-5-2-6-10-18/h1-10,17,19,22H,11-15H2. The normalized spacial score (nSPS) is 20.3. The Morgan fingerprint density at radius 1 is 1.03 bits per heavy atom. The predicted octanol–water partition coefficient (Wildman–Crippen LogP) is 1.76. The second-order valence-corrected chi connectivity index (χ2v) is 9.03. The molecule has 2 aliphatic rings. The van der Waals surface area contributed by atoms with Gasteiger partial charge >= 0.3 is 6.09 Å². The van der Waals surface area contributed by atoms with Crippen molar-refractivity contribution in [3.63, 3.8) is 0 Å². The fourth-order valence-corrected chi connectivity index (χ4v) is 5.04. The molecule has 2 unspecified atom stereocenters. The second-order valence-electron chi connectivity index (χ2n) is 7.31. The van der Waals surface area contributed by atoms with Gasteiger partial charge in [-0.3, -0.25) is 9.69 Å². The third-order valence-corrected chi connectivity index (χ3v) is 6.85. The molecule has 0 aliphatic carbocycles. The molecule has 2 heterocycles. The zero-order valence-corrected chi connectivity index (χ0v) is 17.1. The maximum atomic E-state index is 13.4. The number of hydrogen-bond acceptors (Lipinski definition) is 5. The molecule has 2 saturated heterocycles. The number of ether oxygens (including phenoxy) is 1. The average Bonchev–Trinajstić information content (AvgIpc) is 3.42. The van der Waals surface area contributed by atoms with Crippen LogP contribution >= 0.6 is 0 Å². The number of benzene rings is 2. The Bertz CT molecular complexity index is 1010. The van der Waals surface area contributed by atoms with Crippen molar-refractivity contribution >= 4 is 22.0 Å². The minimum absolute atomic E-state index is 0.0952. The number of cyclic esters (lactones) is 1. The van der Waals surface area contributed by atoms with Crippen LogP contribution in [0.1, 0.15) is 18.0 Å². The minimum atomic E-state index is -3.90. The highest BCUT2D eigenvalue weighted by molar-refractivity contribution is 7.89. The lowest BCUT2D eigenvalue weighted by Crippen LogP contribution is -2.44. The number of sulfonamides is 1. The van der Waals surface area contributed by atoms with E-state index >= 15 is 0 Å². The summed E-state index contributed by atoms with van der Waals surface area (Å²) in [6.07, 6.45) is 0.270. The molecule has 4 rings (SSSR count). The van der Waals surface area contributed by atoms with Crippen molar-refractivity contribution in [2.75, 3.05) is 26.2 Å². The van der Waals surface area contributed by atoms with Crippen LogP contribution < -0.4 is 4.72 Å². The van der Waals surface area contributed by atoms with E-state index in [-0.39, 0.29) is 22.9 Å². The number of carbonyl (C=O) groups excluding carboxylic acids is 2. The maximum absolute atomic E-state index is 13.4. The van der Waals surface area contributed by atoms with Crippen LogP contribution in [0.25, 0.3) is 0 Å². The number of carbonyl (C=O) groups is 2. The number of nitrogens with zero attached hydrogens (tertiary/aromatic N) is 2. The average molecular weight is 429 g/mol. The molecule has 2 atom stereocenters. The SMILES string of the molecule is O=C(C(NS(=O)(=O)c1ccccc1)c1ccccc1)N1CCC(N2CCOC2=O)C1. The molecular weight excluding hydrogens is 406 g/mol. The molecule has 2 amide bonds. The van der Waals surface area contributed by atoms with E-state index in [9.17, 15) is 18.0 Å². The Balaban J connectivity index is 1.56. The zero-order chi connectivity index (χ0) is 21.1. The first-order valence-corrected chi connectivity index (χ1v) is 11.3. The Morgan fingerprint density at radius 2 is 1.70 bits per heavy atom. The van der Waals surface area contributed by atoms with Gasteiger partial charge in [-0.15, -0.1) is 0 Å². The Kier molecular flexibility index (Phi) is 5.74. The van der Waals surface area contributed by atoms with Crippen molar-refractivity contribution < 1.29 is 22.7 Å². The van der Waals surface area contributed by atoms with Crippen molar-refractivity contribution in [2.24, 2.45) is 0 Å². The summed E-state index contributed by atoms with van der Waals surface area (Å²) >= 11 is 0. The van der Waals surface area contributed by atoms with Crippen molar-refractivity contribution in [1.29, 1.82) is 0 Å². The molecule has 158 valence electrons.